The Morgan fingerprint density at radius 3 is 0.717 bits per heavy atom. The zero-order valence-electron chi connectivity index (χ0n) is 32.0. The maximum atomic E-state index is 10.5. The van der Waals surface area contributed by atoms with E-state index in [0.29, 0.717) is 11.1 Å². The van der Waals surface area contributed by atoms with Crippen LogP contribution in [-0.2, 0) is 9.59 Å². The van der Waals surface area contributed by atoms with Gasteiger partial charge < -0.3 is 19.8 Å². The summed E-state index contributed by atoms with van der Waals surface area (Å²) >= 11 is 0. The van der Waals surface area contributed by atoms with Crippen molar-refractivity contribution in [3.05, 3.63) is 23.3 Å². The predicted molar refractivity (Wildman–Crippen MR) is 187 cm³/mol. The molecule has 0 fully saturated rings. The summed E-state index contributed by atoms with van der Waals surface area (Å²) in [6.45, 7) is 7.76. The average molecular weight is 665 g/mol. The molecule has 46 heavy (non-hydrogen) atoms. The zero-order chi connectivity index (χ0) is 32.9. The SMILES string of the molecule is CCCCCCCCCCCCCCCCC=C(C)C(=O)[O-].CCCCCCCCCCCCCCCCC=C(C)C(=O)[O-].[Na+].[Na+]. The van der Waals surface area contributed by atoms with Gasteiger partial charge in [-0.3, -0.25) is 0 Å². The summed E-state index contributed by atoms with van der Waals surface area (Å²) in [6.07, 6.45) is 43.2. The van der Waals surface area contributed by atoms with Gasteiger partial charge in [0, 0.05) is 0 Å². The van der Waals surface area contributed by atoms with Crippen LogP contribution in [0.5, 0.6) is 0 Å². The number of carboxylic acids is 2. The molecular formula is C40H74Na2O4. The van der Waals surface area contributed by atoms with E-state index in [1.54, 1.807) is 26.0 Å². The van der Waals surface area contributed by atoms with Crippen LogP contribution in [0.4, 0.5) is 0 Å². The van der Waals surface area contributed by atoms with E-state index >= 15 is 0 Å². The van der Waals surface area contributed by atoms with Crippen molar-refractivity contribution in [1.82, 2.24) is 0 Å². The summed E-state index contributed by atoms with van der Waals surface area (Å²) in [5, 5.41) is 21.0. The number of unbranched alkanes of at least 4 members (excludes halogenated alkanes) is 28. The fourth-order valence-corrected chi connectivity index (χ4v) is 5.48. The van der Waals surface area contributed by atoms with Crippen LogP contribution in [0.1, 0.15) is 220 Å². The van der Waals surface area contributed by atoms with Crippen LogP contribution >= 0.6 is 0 Å². The van der Waals surface area contributed by atoms with Crippen LogP contribution in [0.2, 0.25) is 0 Å². The second-order valence-electron chi connectivity index (χ2n) is 13.1. The Bertz CT molecular complexity index is 633. The van der Waals surface area contributed by atoms with E-state index in [1.165, 1.54) is 167 Å². The second kappa shape index (κ2) is 45.4. The first-order valence-corrected chi connectivity index (χ1v) is 19.1. The fourth-order valence-electron chi connectivity index (χ4n) is 5.48. The van der Waals surface area contributed by atoms with E-state index in [4.69, 9.17) is 0 Å². The molecule has 0 rings (SSSR count). The monoisotopic (exact) mass is 665 g/mol. The molecule has 6 heteroatoms. The third kappa shape index (κ3) is 46.5. The van der Waals surface area contributed by atoms with Crippen molar-refractivity contribution in [2.75, 3.05) is 0 Å². The van der Waals surface area contributed by atoms with Gasteiger partial charge in [-0.1, -0.05) is 193 Å². The van der Waals surface area contributed by atoms with Gasteiger partial charge in [-0.05, 0) is 50.7 Å². The van der Waals surface area contributed by atoms with Gasteiger partial charge in [0.2, 0.25) is 0 Å². The molecule has 0 unspecified atom stereocenters. The smallest absolute Gasteiger partial charge is 0.545 e. The van der Waals surface area contributed by atoms with E-state index in [9.17, 15) is 19.8 Å². The predicted octanol–water partition coefficient (Wildman–Crippen LogP) is 5.12. The third-order valence-electron chi connectivity index (χ3n) is 8.66. The molecule has 260 valence electrons. The first-order chi connectivity index (χ1) is 21.4. The maximum absolute atomic E-state index is 10.5. The molecular weight excluding hydrogens is 590 g/mol. The Labute approximate surface area is 331 Å². The summed E-state index contributed by atoms with van der Waals surface area (Å²) in [5.41, 5.74) is 0.740. The van der Waals surface area contributed by atoms with Crippen molar-refractivity contribution in [2.45, 2.75) is 220 Å². The van der Waals surface area contributed by atoms with Crippen molar-refractivity contribution in [3.63, 3.8) is 0 Å². The summed E-state index contributed by atoms with van der Waals surface area (Å²) in [5.74, 6) is -2.07. The third-order valence-corrected chi connectivity index (χ3v) is 8.66. The van der Waals surface area contributed by atoms with E-state index < -0.39 is 11.9 Å². The minimum absolute atomic E-state index is 0. The molecule has 0 aliphatic rings. The number of carbonyl (C=O) groups excluding carboxylic acids is 2. The number of hydrogen-bond acceptors (Lipinski definition) is 4. The molecule has 0 aromatic rings. The number of carbonyl (C=O) groups is 2. The maximum Gasteiger partial charge on any atom is 1.00 e. The van der Waals surface area contributed by atoms with Crippen LogP contribution in [0.25, 0.3) is 0 Å². The van der Waals surface area contributed by atoms with Crippen molar-refractivity contribution in [2.24, 2.45) is 0 Å². The molecule has 0 heterocycles. The van der Waals surface area contributed by atoms with Crippen LogP contribution in [0.15, 0.2) is 23.3 Å². The molecule has 0 saturated heterocycles. The van der Waals surface area contributed by atoms with Gasteiger partial charge in [-0.25, -0.2) is 0 Å². The Morgan fingerprint density at radius 1 is 0.370 bits per heavy atom. The van der Waals surface area contributed by atoms with Gasteiger partial charge in [0.25, 0.3) is 0 Å². The van der Waals surface area contributed by atoms with Crippen molar-refractivity contribution >= 4 is 11.9 Å². The Hall–Kier alpha value is 0.420. The second-order valence-corrected chi connectivity index (χ2v) is 13.1. The molecule has 0 N–H and O–H groups in total. The number of hydrogen-bond donors (Lipinski definition) is 0. The molecule has 0 radical (unpaired) electrons. The van der Waals surface area contributed by atoms with E-state index in [-0.39, 0.29) is 59.1 Å². The average Bonchev–Trinajstić information content (AvgIpc) is 3.01. The fraction of sp³-hybridized carbons (Fsp3) is 0.850. The van der Waals surface area contributed by atoms with Crippen LogP contribution in [0, 0.1) is 0 Å². The first-order valence-electron chi connectivity index (χ1n) is 19.1. The molecule has 0 amide bonds. The van der Waals surface area contributed by atoms with Gasteiger partial charge in [0.1, 0.15) is 0 Å². The van der Waals surface area contributed by atoms with Gasteiger partial charge in [-0.15, -0.1) is 0 Å². The van der Waals surface area contributed by atoms with Gasteiger partial charge in [-0.2, -0.15) is 0 Å². The van der Waals surface area contributed by atoms with Crippen molar-refractivity contribution in [3.8, 4) is 0 Å². The zero-order valence-corrected chi connectivity index (χ0v) is 36.0. The Balaban J connectivity index is -0.000000367. The van der Waals surface area contributed by atoms with Crippen LogP contribution in [-0.4, -0.2) is 11.9 Å². The topological polar surface area (TPSA) is 80.3 Å². The van der Waals surface area contributed by atoms with E-state index in [2.05, 4.69) is 13.8 Å². The van der Waals surface area contributed by atoms with Crippen LogP contribution < -0.4 is 69.3 Å². The summed E-state index contributed by atoms with van der Waals surface area (Å²) in [4.78, 5) is 21.0. The molecule has 4 nitrogen and oxygen atoms in total. The molecule has 0 spiro atoms. The standard InChI is InChI=1S/2C20H38O2.2Na/c2*1-3-4-5-6-7-8-9-10-11-12-13-14-15-16-17-18-19(2)20(21)22;;/h2*18H,3-17H2,1-2H3,(H,21,22);;/q;;2*+1/p-2. The normalized spacial score (nSPS) is 11.3. The van der Waals surface area contributed by atoms with Gasteiger partial charge >= 0.3 is 59.1 Å². The Morgan fingerprint density at radius 2 is 0.543 bits per heavy atom. The van der Waals surface area contributed by atoms with Gasteiger partial charge in [0.15, 0.2) is 0 Å². The van der Waals surface area contributed by atoms with Gasteiger partial charge in [0.05, 0.1) is 11.9 Å². The number of allylic oxidation sites excluding steroid dienone is 2. The Kier molecular flexibility index (Phi) is 52.5. The number of rotatable bonds is 32. The number of carboxylic acid groups (broad SMARTS) is 2. The minimum atomic E-state index is -1.04. The van der Waals surface area contributed by atoms with Crippen LogP contribution in [0.3, 0.4) is 0 Å². The molecule has 0 atom stereocenters. The first kappa shape index (κ1) is 53.2. The summed E-state index contributed by atoms with van der Waals surface area (Å²) < 4.78 is 0. The molecule has 0 aromatic heterocycles. The summed E-state index contributed by atoms with van der Waals surface area (Å²) in [7, 11) is 0. The molecule has 0 aliphatic carbocycles. The molecule has 0 bridgehead atoms. The van der Waals surface area contributed by atoms with Crippen molar-refractivity contribution < 1.29 is 78.9 Å². The van der Waals surface area contributed by atoms with E-state index in [0.717, 1.165) is 25.7 Å². The van der Waals surface area contributed by atoms with E-state index in [1.807, 2.05) is 0 Å². The largest absolute Gasteiger partial charge is 1.00 e. The molecule has 0 aliphatic heterocycles. The summed E-state index contributed by atoms with van der Waals surface area (Å²) in [6, 6.07) is 0. The van der Waals surface area contributed by atoms with Crippen molar-refractivity contribution in [1.29, 1.82) is 0 Å². The number of aliphatic carboxylic acids is 2. The quantitative estimate of drug-likeness (QED) is 0.0569. The minimum Gasteiger partial charge on any atom is -0.545 e. The molecule has 0 aromatic carbocycles. The molecule has 0 saturated carbocycles.